The third kappa shape index (κ3) is 4.40. The van der Waals surface area contributed by atoms with Gasteiger partial charge in [0.05, 0.1) is 13.7 Å². The molecule has 1 amide bonds. The van der Waals surface area contributed by atoms with E-state index in [4.69, 9.17) is 4.74 Å². The van der Waals surface area contributed by atoms with Crippen LogP contribution in [0.4, 0.5) is 0 Å². The van der Waals surface area contributed by atoms with Gasteiger partial charge in [0.25, 0.3) is 0 Å². The van der Waals surface area contributed by atoms with Gasteiger partial charge in [-0.3, -0.25) is 9.69 Å². The molecule has 0 aromatic heterocycles. The zero-order chi connectivity index (χ0) is 17.6. The van der Waals surface area contributed by atoms with Crippen molar-refractivity contribution in [3.63, 3.8) is 0 Å². The maximum absolute atomic E-state index is 12.4. The number of nitrogens with one attached hydrogen (secondary N) is 1. The van der Waals surface area contributed by atoms with E-state index in [1.165, 1.54) is 16.7 Å². The fourth-order valence-corrected chi connectivity index (χ4v) is 3.48. The molecule has 132 valence electrons. The minimum Gasteiger partial charge on any atom is -0.497 e. The molecular weight excluding hydrogens is 312 g/mol. The van der Waals surface area contributed by atoms with E-state index in [0.717, 1.165) is 25.1 Å². The first-order valence-corrected chi connectivity index (χ1v) is 8.86. The van der Waals surface area contributed by atoms with Crippen LogP contribution in [-0.2, 0) is 11.3 Å². The van der Waals surface area contributed by atoms with Crippen molar-refractivity contribution in [3.05, 3.63) is 65.2 Å². The smallest absolute Gasteiger partial charge is 0.234 e. The molecule has 1 fully saturated rings. The summed E-state index contributed by atoms with van der Waals surface area (Å²) < 4.78 is 5.33. The summed E-state index contributed by atoms with van der Waals surface area (Å²) in [7, 11) is 1.69. The van der Waals surface area contributed by atoms with Crippen LogP contribution in [0, 0.1) is 6.92 Å². The van der Waals surface area contributed by atoms with Crippen molar-refractivity contribution in [1.29, 1.82) is 0 Å². The number of carbonyl (C=O) groups is 1. The molecule has 2 aromatic carbocycles. The van der Waals surface area contributed by atoms with Gasteiger partial charge in [0.2, 0.25) is 5.91 Å². The lowest BCUT2D eigenvalue weighted by Crippen LogP contribution is -2.36. The lowest BCUT2D eigenvalue weighted by atomic mass is 10.0. The number of aryl methyl sites for hydroxylation is 1. The summed E-state index contributed by atoms with van der Waals surface area (Å²) in [4.78, 5) is 14.7. The molecule has 0 unspecified atom stereocenters. The highest BCUT2D eigenvalue weighted by atomic mass is 16.5. The van der Waals surface area contributed by atoms with Crippen molar-refractivity contribution in [2.45, 2.75) is 32.4 Å². The minimum atomic E-state index is 0.0815. The number of benzene rings is 2. The molecule has 1 saturated heterocycles. The Kier molecular flexibility index (Phi) is 5.71. The van der Waals surface area contributed by atoms with Crippen molar-refractivity contribution in [2.24, 2.45) is 0 Å². The second kappa shape index (κ2) is 8.17. The van der Waals surface area contributed by atoms with E-state index in [9.17, 15) is 4.79 Å². The third-order valence-corrected chi connectivity index (χ3v) is 4.93. The molecular formula is C21H26N2O2. The Morgan fingerprint density at radius 1 is 1.24 bits per heavy atom. The molecule has 2 aromatic rings. The van der Waals surface area contributed by atoms with E-state index >= 15 is 0 Å². The fraction of sp³-hybridized carbons (Fsp3) is 0.381. The van der Waals surface area contributed by atoms with Gasteiger partial charge in [-0.25, -0.2) is 0 Å². The lowest BCUT2D eigenvalue weighted by Gasteiger charge is -2.24. The maximum atomic E-state index is 12.4. The first-order valence-electron chi connectivity index (χ1n) is 8.86. The van der Waals surface area contributed by atoms with Crippen LogP contribution in [-0.4, -0.2) is 31.0 Å². The van der Waals surface area contributed by atoms with Crippen molar-refractivity contribution in [2.75, 3.05) is 20.2 Å². The average Bonchev–Trinajstić information content (AvgIpc) is 3.09. The Bertz CT molecular complexity index is 729. The highest BCUT2D eigenvalue weighted by Gasteiger charge is 2.27. The van der Waals surface area contributed by atoms with Gasteiger partial charge in [-0.1, -0.05) is 36.4 Å². The number of nitrogens with zero attached hydrogens (tertiary/aromatic N) is 1. The highest BCUT2D eigenvalue weighted by Crippen LogP contribution is 2.33. The molecule has 0 saturated carbocycles. The normalized spacial score (nSPS) is 17.4. The van der Waals surface area contributed by atoms with Crippen molar-refractivity contribution in [3.8, 4) is 5.75 Å². The zero-order valence-electron chi connectivity index (χ0n) is 15.0. The van der Waals surface area contributed by atoms with E-state index in [2.05, 4.69) is 41.4 Å². The summed E-state index contributed by atoms with van der Waals surface area (Å²) in [5.74, 6) is 0.950. The van der Waals surface area contributed by atoms with Gasteiger partial charge in [0, 0.05) is 12.6 Å². The highest BCUT2D eigenvalue weighted by molar-refractivity contribution is 5.78. The van der Waals surface area contributed by atoms with Crippen LogP contribution in [0.1, 0.15) is 35.6 Å². The average molecular weight is 338 g/mol. The number of hydrogen-bond donors (Lipinski definition) is 1. The van der Waals surface area contributed by atoms with Gasteiger partial charge in [0.1, 0.15) is 5.75 Å². The van der Waals surface area contributed by atoms with Gasteiger partial charge < -0.3 is 10.1 Å². The van der Waals surface area contributed by atoms with Crippen LogP contribution < -0.4 is 10.1 Å². The fourth-order valence-electron chi connectivity index (χ4n) is 3.48. The topological polar surface area (TPSA) is 41.6 Å². The number of amides is 1. The Balaban J connectivity index is 1.59. The SMILES string of the molecule is COc1cccc([C@@H]2CCCN2CC(=O)NCc2ccccc2C)c1. The largest absolute Gasteiger partial charge is 0.497 e. The summed E-state index contributed by atoms with van der Waals surface area (Å²) in [5.41, 5.74) is 3.60. The van der Waals surface area contributed by atoms with Crippen LogP contribution in [0.15, 0.2) is 48.5 Å². The molecule has 0 radical (unpaired) electrons. The van der Waals surface area contributed by atoms with Crippen molar-refractivity contribution in [1.82, 2.24) is 10.2 Å². The number of methoxy groups -OCH3 is 1. The quantitative estimate of drug-likeness (QED) is 0.877. The van der Waals surface area contributed by atoms with Gasteiger partial charge in [-0.15, -0.1) is 0 Å². The monoisotopic (exact) mass is 338 g/mol. The minimum absolute atomic E-state index is 0.0815. The van der Waals surface area contributed by atoms with Gasteiger partial charge in [-0.05, 0) is 55.1 Å². The van der Waals surface area contributed by atoms with Crippen LogP contribution in [0.5, 0.6) is 5.75 Å². The molecule has 3 rings (SSSR count). The van der Waals surface area contributed by atoms with Gasteiger partial charge in [0.15, 0.2) is 0 Å². The molecule has 1 N–H and O–H groups in total. The summed E-state index contributed by atoms with van der Waals surface area (Å²) in [6.07, 6.45) is 2.20. The number of likely N-dealkylation sites (tertiary alicyclic amines) is 1. The van der Waals surface area contributed by atoms with E-state index < -0.39 is 0 Å². The van der Waals surface area contributed by atoms with Gasteiger partial charge >= 0.3 is 0 Å². The number of ether oxygens (including phenoxy) is 1. The zero-order valence-corrected chi connectivity index (χ0v) is 15.0. The lowest BCUT2D eigenvalue weighted by molar-refractivity contribution is -0.122. The van der Waals surface area contributed by atoms with E-state index in [-0.39, 0.29) is 5.91 Å². The number of carbonyl (C=O) groups excluding carboxylic acids is 1. The molecule has 1 aliphatic heterocycles. The Morgan fingerprint density at radius 3 is 2.88 bits per heavy atom. The molecule has 4 heteroatoms. The van der Waals surface area contributed by atoms with E-state index in [1.54, 1.807) is 7.11 Å². The third-order valence-electron chi connectivity index (χ3n) is 4.93. The van der Waals surface area contributed by atoms with Crippen LogP contribution in [0.25, 0.3) is 0 Å². The van der Waals surface area contributed by atoms with Crippen LogP contribution in [0.3, 0.4) is 0 Å². The molecule has 1 heterocycles. The van der Waals surface area contributed by atoms with Gasteiger partial charge in [-0.2, -0.15) is 0 Å². The summed E-state index contributed by atoms with van der Waals surface area (Å²) in [5, 5.41) is 3.06. The summed E-state index contributed by atoms with van der Waals surface area (Å²) in [6.45, 7) is 4.05. The maximum Gasteiger partial charge on any atom is 0.234 e. The van der Waals surface area contributed by atoms with Crippen LogP contribution in [0.2, 0.25) is 0 Å². The molecule has 0 spiro atoms. The summed E-state index contributed by atoms with van der Waals surface area (Å²) >= 11 is 0. The predicted molar refractivity (Wildman–Crippen MR) is 99.6 cm³/mol. The molecule has 0 aliphatic carbocycles. The standard InChI is InChI=1S/C21H26N2O2/c1-16-7-3-4-8-18(16)14-22-21(24)15-23-12-6-11-20(23)17-9-5-10-19(13-17)25-2/h3-5,7-10,13,20H,6,11-12,14-15H2,1-2H3,(H,22,24)/t20-/m0/s1. The molecule has 25 heavy (non-hydrogen) atoms. The summed E-state index contributed by atoms with van der Waals surface area (Å²) in [6, 6.07) is 16.6. The second-order valence-corrected chi connectivity index (χ2v) is 6.61. The Labute approximate surface area is 149 Å². The number of hydrogen-bond acceptors (Lipinski definition) is 3. The van der Waals surface area contributed by atoms with Crippen LogP contribution >= 0.6 is 0 Å². The molecule has 0 bridgehead atoms. The first kappa shape index (κ1) is 17.5. The second-order valence-electron chi connectivity index (χ2n) is 6.61. The Hall–Kier alpha value is -2.33. The van der Waals surface area contributed by atoms with Crippen molar-refractivity contribution >= 4 is 5.91 Å². The van der Waals surface area contributed by atoms with E-state index in [1.807, 2.05) is 24.3 Å². The number of rotatable bonds is 6. The Morgan fingerprint density at radius 2 is 2.08 bits per heavy atom. The molecule has 1 aliphatic rings. The molecule has 1 atom stereocenters. The van der Waals surface area contributed by atoms with E-state index in [0.29, 0.717) is 19.1 Å². The molecule has 4 nitrogen and oxygen atoms in total. The predicted octanol–water partition coefficient (Wildman–Crippen LogP) is 3.46. The first-order chi connectivity index (χ1) is 12.2. The van der Waals surface area contributed by atoms with Crippen molar-refractivity contribution < 1.29 is 9.53 Å².